The molecule has 0 saturated carbocycles. The fraction of sp³-hybridized carbons (Fsp3) is 0.474. The third-order valence-corrected chi connectivity index (χ3v) is 4.85. The molecule has 0 unspecified atom stereocenters. The van der Waals surface area contributed by atoms with Gasteiger partial charge in [0.05, 0.1) is 12.8 Å². The van der Waals surface area contributed by atoms with Crippen molar-refractivity contribution in [2.75, 3.05) is 27.2 Å². The number of aliphatic imine (C=N–C) groups is 1. The van der Waals surface area contributed by atoms with Gasteiger partial charge in [0.25, 0.3) is 0 Å². The first-order valence-electron chi connectivity index (χ1n) is 8.72. The summed E-state index contributed by atoms with van der Waals surface area (Å²) in [7, 11) is 5.39. The van der Waals surface area contributed by atoms with Crippen LogP contribution in [0.15, 0.2) is 23.2 Å². The van der Waals surface area contributed by atoms with Gasteiger partial charge in [-0.1, -0.05) is 17.7 Å². The van der Waals surface area contributed by atoms with E-state index in [0.717, 1.165) is 53.9 Å². The molecule has 0 aliphatic rings. The smallest absolute Gasteiger partial charge is 0.190 e. The van der Waals surface area contributed by atoms with E-state index >= 15 is 0 Å². The number of guanidine groups is 1. The summed E-state index contributed by atoms with van der Waals surface area (Å²) in [6, 6.07) is 5.75. The van der Waals surface area contributed by atoms with Gasteiger partial charge in [-0.25, -0.2) is 0 Å². The van der Waals surface area contributed by atoms with E-state index in [0.29, 0.717) is 0 Å². The lowest BCUT2D eigenvalue weighted by atomic mass is 10.1. The molecular weight excluding hydrogens is 350 g/mol. The van der Waals surface area contributed by atoms with E-state index in [-0.39, 0.29) is 0 Å². The number of benzene rings is 1. The summed E-state index contributed by atoms with van der Waals surface area (Å²) < 4.78 is 7.10. The second kappa shape index (κ2) is 9.48. The van der Waals surface area contributed by atoms with Gasteiger partial charge in [0.1, 0.15) is 5.75 Å². The zero-order valence-electron chi connectivity index (χ0n) is 16.2. The van der Waals surface area contributed by atoms with E-state index in [9.17, 15) is 0 Å². The van der Waals surface area contributed by atoms with Crippen molar-refractivity contribution in [2.45, 2.75) is 26.7 Å². The molecule has 0 radical (unpaired) electrons. The van der Waals surface area contributed by atoms with Crippen LogP contribution in [0, 0.1) is 13.8 Å². The quantitative estimate of drug-likeness (QED) is 0.575. The SMILES string of the molecule is CN=C(NCCc1ccc(OC)cc1Cl)NCCc1c(C)nn(C)c1C. The number of aryl methyl sites for hydroxylation is 2. The van der Waals surface area contributed by atoms with Crippen molar-refractivity contribution in [2.24, 2.45) is 12.0 Å². The minimum atomic E-state index is 0.719. The number of halogens is 1. The van der Waals surface area contributed by atoms with E-state index in [2.05, 4.69) is 27.6 Å². The van der Waals surface area contributed by atoms with Gasteiger partial charge in [-0.2, -0.15) is 5.10 Å². The Morgan fingerprint density at radius 2 is 1.92 bits per heavy atom. The Bertz CT molecular complexity index is 770. The summed E-state index contributed by atoms with van der Waals surface area (Å²) in [6.07, 6.45) is 1.72. The fourth-order valence-corrected chi connectivity index (χ4v) is 3.14. The number of nitrogens with zero attached hydrogens (tertiary/aromatic N) is 3. The number of methoxy groups -OCH3 is 1. The monoisotopic (exact) mass is 377 g/mol. The third kappa shape index (κ3) is 5.14. The first-order valence-corrected chi connectivity index (χ1v) is 9.10. The average molecular weight is 378 g/mol. The van der Waals surface area contributed by atoms with Crippen LogP contribution in [0.4, 0.5) is 0 Å². The van der Waals surface area contributed by atoms with E-state index in [1.807, 2.05) is 36.9 Å². The van der Waals surface area contributed by atoms with Gasteiger partial charge >= 0.3 is 0 Å². The Balaban J connectivity index is 1.79. The van der Waals surface area contributed by atoms with Crippen LogP contribution in [0.2, 0.25) is 5.02 Å². The van der Waals surface area contributed by atoms with Crippen LogP contribution in [0.5, 0.6) is 5.75 Å². The van der Waals surface area contributed by atoms with E-state index < -0.39 is 0 Å². The molecule has 2 rings (SSSR count). The lowest BCUT2D eigenvalue weighted by Crippen LogP contribution is -2.39. The summed E-state index contributed by atoms with van der Waals surface area (Å²) in [5.41, 5.74) is 4.67. The maximum atomic E-state index is 6.28. The number of aromatic nitrogens is 2. The van der Waals surface area contributed by atoms with Crippen LogP contribution in [0.3, 0.4) is 0 Å². The lowest BCUT2D eigenvalue weighted by molar-refractivity contribution is 0.414. The Morgan fingerprint density at radius 1 is 1.23 bits per heavy atom. The Hall–Kier alpha value is -2.21. The highest BCUT2D eigenvalue weighted by atomic mass is 35.5. The predicted molar refractivity (Wildman–Crippen MR) is 107 cm³/mol. The fourth-order valence-electron chi connectivity index (χ4n) is 2.88. The second-order valence-corrected chi connectivity index (χ2v) is 6.56. The summed E-state index contributed by atoms with van der Waals surface area (Å²) in [5, 5.41) is 11.8. The molecule has 0 atom stereocenters. The normalized spacial score (nSPS) is 11.5. The van der Waals surface area contributed by atoms with Crippen LogP contribution < -0.4 is 15.4 Å². The van der Waals surface area contributed by atoms with Crippen molar-refractivity contribution in [1.82, 2.24) is 20.4 Å². The lowest BCUT2D eigenvalue weighted by Gasteiger charge is -2.13. The predicted octanol–water partition coefficient (Wildman–Crippen LogP) is 2.65. The van der Waals surface area contributed by atoms with Gasteiger partial charge in [-0.3, -0.25) is 9.67 Å². The number of hydrogen-bond acceptors (Lipinski definition) is 3. The van der Waals surface area contributed by atoms with E-state index in [1.54, 1.807) is 14.2 Å². The molecule has 142 valence electrons. The van der Waals surface area contributed by atoms with Crippen molar-refractivity contribution in [3.63, 3.8) is 0 Å². The molecule has 0 amide bonds. The topological polar surface area (TPSA) is 63.5 Å². The zero-order valence-corrected chi connectivity index (χ0v) is 16.9. The Labute approximate surface area is 160 Å². The highest BCUT2D eigenvalue weighted by Crippen LogP contribution is 2.22. The molecule has 1 aromatic carbocycles. The molecule has 7 heteroatoms. The first-order chi connectivity index (χ1) is 12.5. The maximum Gasteiger partial charge on any atom is 0.190 e. The van der Waals surface area contributed by atoms with Gasteiger partial charge in [-0.05, 0) is 49.9 Å². The van der Waals surface area contributed by atoms with Crippen molar-refractivity contribution in [3.05, 3.63) is 45.7 Å². The molecular formula is C19H28ClN5O. The molecule has 0 spiro atoms. The minimum absolute atomic E-state index is 0.719. The van der Waals surface area contributed by atoms with E-state index in [4.69, 9.17) is 16.3 Å². The number of ether oxygens (including phenoxy) is 1. The zero-order chi connectivity index (χ0) is 19.1. The highest BCUT2D eigenvalue weighted by Gasteiger charge is 2.09. The molecule has 2 N–H and O–H groups in total. The highest BCUT2D eigenvalue weighted by molar-refractivity contribution is 6.31. The Kier molecular flexibility index (Phi) is 7.33. The van der Waals surface area contributed by atoms with Crippen LogP contribution in [0.25, 0.3) is 0 Å². The average Bonchev–Trinajstić information content (AvgIpc) is 2.87. The van der Waals surface area contributed by atoms with Crippen LogP contribution in [-0.2, 0) is 19.9 Å². The largest absolute Gasteiger partial charge is 0.497 e. The van der Waals surface area contributed by atoms with Crippen LogP contribution in [-0.4, -0.2) is 43.0 Å². The van der Waals surface area contributed by atoms with Crippen LogP contribution in [0.1, 0.15) is 22.5 Å². The van der Waals surface area contributed by atoms with Crippen LogP contribution >= 0.6 is 11.6 Å². The number of nitrogens with one attached hydrogen (secondary N) is 2. The molecule has 26 heavy (non-hydrogen) atoms. The summed E-state index contributed by atoms with van der Waals surface area (Å²) in [5.74, 6) is 1.55. The third-order valence-electron chi connectivity index (χ3n) is 4.50. The van der Waals surface area contributed by atoms with Crippen molar-refractivity contribution >= 4 is 17.6 Å². The van der Waals surface area contributed by atoms with Gasteiger partial charge in [0.2, 0.25) is 0 Å². The second-order valence-electron chi connectivity index (χ2n) is 6.16. The molecule has 6 nitrogen and oxygen atoms in total. The summed E-state index contributed by atoms with van der Waals surface area (Å²) in [6.45, 7) is 5.70. The molecule has 0 bridgehead atoms. The van der Waals surface area contributed by atoms with Crippen molar-refractivity contribution in [1.29, 1.82) is 0 Å². The molecule has 1 aromatic heterocycles. The summed E-state index contributed by atoms with van der Waals surface area (Å²) >= 11 is 6.28. The number of hydrogen-bond donors (Lipinski definition) is 2. The van der Waals surface area contributed by atoms with Crippen molar-refractivity contribution < 1.29 is 4.74 Å². The maximum absolute atomic E-state index is 6.28. The van der Waals surface area contributed by atoms with Gasteiger partial charge in [0.15, 0.2) is 5.96 Å². The van der Waals surface area contributed by atoms with Gasteiger partial charge < -0.3 is 15.4 Å². The molecule has 1 heterocycles. The molecule has 2 aromatic rings. The molecule has 0 aliphatic carbocycles. The van der Waals surface area contributed by atoms with Crippen molar-refractivity contribution in [3.8, 4) is 5.75 Å². The summed E-state index contributed by atoms with van der Waals surface area (Å²) in [4.78, 5) is 4.27. The number of rotatable bonds is 7. The van der Waals surface area contributed by atoms with Gasteiger partial charge in [-0.15, -0.1) is 0 Å². The Morgan fingerprint density at radius 3 is 2.46 bits per heavy atom. The van der Waals surface area contributed by atoms with Gasteiger partial charge in [0, 0.05) is 37.9 Å². The van der Waals surface area contributed by atoms with E-state index in [1.165, 1.54) is 11.3 Å². The standard InChI is InChI=1S/C19H28ClN5O/c1-13-17(14(2)25(4)24-13)9-11-23-19(21-3)22-10-8-15-6-7-16(26-5)12-18(15)20/h6-7,12H,8-11H2,1-5H3,(H2,21,22,23). The molecule has 0 aliphatic heterocycles. The molecule has 0 fully saturated rings. The minimum Gasteiger partial charge on any atom is -0.497 e. The first kappa shape index (κ1) is 20.1. The molecule has 0 saturated heterocycles.